The lowest BCUT2D eigenvalue weighted by Crippen LogP contribution is -2.27. The Morgan fingerprint density at radius 3 is 2.24 bits per heavy atom. The average molecular weight is 374 g/mol. The highest BCUT2D eigenvalue weighted by molar-refractivity contribution is 6.11. The van der Waals surface area contributed by atoms with Gasteiger partial charge in [-0.3, -0.25) is 5.01 Å². The number of hydrazone groups is 1. The molecule has 0 aliphatic carbocycles. The minimum absolute atomic E-state index is 0.0723. The Morgan fingerprint density at radius 1 is 0.724 bits per heavy atom. The quantitative estimate of drug-likeness (QED) is 0.391. The van der Waals surface area contributed by atoms with Gasteiger partial charge in [0.15, 0.2) is 0 Å². The summed E-state index contributed by atoms with van der Waals surface area (Å²) in [4.78, 5) is 0. The first-order valence-electron chi connectivity index (χ1n) is 9.95. The molecule has 4 aromatic carbocycles. The Bertz CT molecular complexity index is 1200. The average Bonchev–Trinajstić information content (AvgIpc) is 2.79. The van der Waals surface area contributed by atoms with Crippen molar-refractivity contribution in [2.24, 2.45) is 5.10 Å². The molecule has 1 heterocycles. The first kappa shape index (κ1) is 17.4. The monoisotopic (exact) mass is 374 g/mol. The highest BCUT2D eigenvalue weighted by Crippen LogP contribution is 2.32. The molecule has 0 aromatic heterocycles. The zero-order valence-corrected chi connectivity index (χ0v) is 16.4. The van der Waals surface area contributed by atoms with Crippen molar-refractivity contribution >= 4 is 22.2 Å². The van der Waals surface area contributed by atoms with Crippen LogP contribution < -0.4 is 5.01 Å². The van der Waals surface area contributed by atoms with Crippen molar-refractivity contribution in [3.63, 3.8) is 0 Å². The first-order valence-corrected chi connectivity index (χ1v) is 9.95. The van der Waals surface area contributed by atoms with Crippen LogP contribution in [0.15, 0.2) is 114 Å². The van der Waals surface area contributed by atoms with Crippen LogP contribution in [0.25, 0.3) is 10.8 Å². The summed E-state index contributed by atoms with van der Waals surface area (Å²) < 4.78 is 0. The van der Waals surface area contributed by atoms with Crippen molar-refractivity contribution in [2.45, 2.75) is 13.0 Å². The lowest BCUT2D eigenvalue weighted by molar-refractivity contribution is 0.752. The molecular formula is C27H22N2. The molecule has 140 valence electrons. The van der Waals surface area contributed by atoms with Gasteiger partial charge in [-0.15, -0.1) is 0 Å². The van der Waals surface area contributed by atoms with Crippen LogP contribution in [0.1, 0.15) is 22.7 Å². The minimum atomic E-state index is 0.0723. The van der Waals surface area contributed by atoms with Crippen LogP contribution in [0.3, 0.4) is 0 Å². The molecule has 0 bridgehead atoms. The van der Waals surface area contributed by atoms with Gasteiger partial charge in [0, 0.05) is 5.56 Å². The fraction of sp³-hybridized carbons (Fsp3) is 0.0741. The number of nitrogens with zero attached hydrogens (tertiary/aromatic N) is 2. The maximum atomic E-state index is 5.08. The third-order valence-electron chi connectivity index (χ3n) is 5.40. The van der Waals surface area contributed by atoms with Gasteiger partial charge in [0.25, 0.3) is 0 Å². The number of hydrogen-bond donors (Lipinski definition) is 0. The van der Waals surface area contributed by atoms with Crippen LogP contribution in [0.4, 0.5) is 5.69 Å². The van der Waals surface area contributed by atoms with Crippen LogP contribution >= 0.6 is 0 Å². The first-order chi connectivity index (χ1) is 14.3. The van der Waals surface area contributed by atoms with Crippen molar-refractivity contribution in [1.29, 1.82) is 0 Å². The summed E-state index contributed by atoms with van der Waals surface area (Å²) in [6, 6.07) is 34.2. The van der Waals surface area contributed by atoms with E-state index in [0.29, 0.717) is 0 Å². The molecule has 1 atom stereocenters. The van der Waals surface area contributed by atoms with Gasteiger partial charge in [-0.2, -0.15) is 5.10 Å². The van der Waals surface area contributed by atoms with Crippen LogP contribution in [0.5, 0.6) is 0 Å². The number of fused-ring (bicyclic) bond motifs is 1. The summed E-state index contributed by atoms with van der Waals surface area (Å²) in [5, 5.41) is 9.68. The van der Waals surface area contributed by atoms with E-state index in [1.807, 2.05) is 0 Å². The zero-order chi connectivity index (χ0) is 19.6. The lowest BCUT2D eigenvalue weighted by atomic mass is 9.99. The molecule has 1 aliphatic heterocycles. The van der Waals surface area contributed by atoms with Crippen molar-refractivity contribution < 1.29 is 0 Å². The summed E-state index contributed by atoms with van der Waals surface area (Å²) in [5.74, 6) is 0. The lowest BCUT2D eigenvalue weighted by Gasteiger charge is -2.31. The second kappa shape index (κ2) is 7.40. The molecule has 1 aliphatic rings. The summed E-state index contributed by atoms with van der Waals surface area (Å²) in [6.07, 6.45) is 4.39. The van der Waals surface area contributed by atoms with Gasteiger partial charge in [-0.25, -0.2) is 0 Å². The van der Waals surface area contributed by atoms with Crippen LogP contribution in [0.2, 0.25) is 0 Å². The molecule has 0 N–H and O–H groups in total. The topological polar surface area (TPSA) is 15.6 Å². The van der Waals surface area contributed by atoms with E-state index in [4.69, 9.17) is 5.10 Å². The third-order valence-corrected chi connectivity index (χ3v) is 5.40. The smallest absolute Gasteiger partial charge is 0.0960 e. The van der Waals surface area contributed by atoms with Gasteiger partial charge in [0.2, 0.25) is 0 Å². The number of rotatable bonds is 3. The Balaban J connectivity index is 1.59. The van der Waals surface area contributed by atoms with E-state index in [9.17, 15) is 0 Å². The summed E-state index contributed by atoms with van der Waals surface area (Å²) in [7, 11) is 0. The maximum Gasteiger partial charge on any atom is 0.0960 e. The van der Waals surface area contributed by atoms with Gasteiger partial charge >= 0.3 is 0 Å². The van der Waals surface area contributed by atoms with Gasteiger partial charge in [-0.05, 0) is 47.5 Å². The van der Waals surface area contributed by atoms with E-state index in [1.165, 1.54) is 21.9 Å². The van der Waals surface area contributed by atoms with E-state index in [0.717, 1.165) is 17.0 Å². The van der Waals surface area contributed by atoms with Crippen molar-refractivity contribution in [2.75, 3.05) is 5.01 Å². The number of hydrogen-bond acceptors (Lipinski definition) is 2. The molecule has 0 spiro atoms. The van der Waals surface area contributed by atoms with Crippen molar-refractivity contribution in [1.82, 2.24) is 0 Å². The molecule has 1 unspecified atom stereocenters. The van der Waals surface area contributed by atoms with Crippen LogP contribution in [0, 0.1) is 6.92 Å². The third kappa shape index (κ3) is 3.45. The number of aryl methyl sites for hydroxylation is 1. The Labute approximate surface area is 171 Å². The molecule has 0 fully saturated rings. The van der Waals surface area contributed by atoms with E-state index in [1.54, 1.807) is 0 Å². The van der Waals surface area contributed by atoms with Gasteiger partial charge in [0.1, 0.15) is 0 Å². The number of allylic oxidation sites excluding steroid dienone is 1. The van der Waals surface area contributed by atoms with E-state index < -0.39 is 0 Å². The fourth-order valence-electron chi connectivity index (χ4n) is 3.80. The molecule has 0 saturated heterocycles. The van der Waals surface area contributed by atoms with Gasteiger partial charge in [-0.1, -0.05) is 90.5 Å². The zero-order valence-electron chi connectivity index (χ0n) is 16.4. The molecule has 4 aromatic rings. The molecule has 0 saturated carbocycles. The highest BCUT2D eigenvalue weighted by atomic mass is 15.5. The van der Waals surface area contributed by atoms with E-state index in [2.05, 4.69) is 121 Å². The molecule has 0 radical (unpaired) electrons. The molecular weight excluding hydrogens is 352 g/mol. The molecule has 2 heteroatoms. The second-order valence-electron chi connectivity index (χ2n) is 7.44. The largest absolute Gasteiger partial charge is 0.254 e. The fourth-order valence-corrected chi connectivity index (χ4v) is 3.80. The van der Waals surface area contributed by atoms with Crippen LogP contribution in [-0.4, -0.2) is 5.71 Å². The molecule has 0 amide bonds. The predicted octanol–water partition coefficient (Wildman–Crippen LogP) is 6.67. The van der Waals surface area contributed by atoms with Crippen LogP contribution in [-0.2, 0) is 0 Å². The second-order valence-corrected chi connectivity index (χ2v) is 7.44. The Morgan fingerprint density at radius 2 is 1.45 bits per heavy atom. The summed E-state index contributed by atoms with van der Waals surface area (Å²) >= 11 is 0. The summed E-state index contributed by atoms with van der Waals surface area (Å²) in [5.41, 5.74) is 5.67. The van der Waals surface area contributed by atoms with E-state index >= 15 is 0 Å². The van der Waals surface area contributed by atoms with E-state index in [-0.39, 0.29) is 6.04 Å². The maximum absolute atomic E-state index is 5.08. The Kier molecular flexibility index (Phi) is 4.45. The minimum Gasteiger partial charge on any atom is -0.254 e. The molecule has 5 rings (SSSR count). The van der Waals surface area contributed by atoms with Crippen molar-refractivity contribution in [3.8, 4) is 0 Å². The molecule has 29 heavy (non-hydrogen) atoms. The Hall–Kier alpha value is -3.65. The highest BCUT2D eigenvalue weighted by Gasteiger charge is 2.22. The predicted molar refractivity (Wildman–Crippen MR) is 122 cm³/mol. The standard InChI is InChI=1S/C27H22N2/c1-20-11-15-25(16-12-20)29-27(22-8-3-2-4-9-22)18-17-26(28-29)24-14-13-21-7-5-6-10-23(21)19-24/h2-19,27H,1H3. The van der Waals surface area contributed by atoms with Crippen molar-refractivity contribution in [3.05, 3.63) is 126 Å². The number of benzene rings is 4. The SMILES string of the molecule is Cc1ccc(N2N=C(c3ccc4ccccc4c3)C=CC2c2ccccc2)cc1. The molecule has 2 nitrogen and oxygen atoms in total. The summed E-state index contributed by atoms with van der Waals surface area (Å²) in [6.45, 7) is 2.11. The normalized spacial score (nSPS) is 16.1. The number of anilines is 1. The van der Waals surface area contributed by atoms with Gasteiger partial charge < -0.3 is 0 Å². The van der Waals surface area contributed by atoms with Gasteiger partial charge in [0.05, 0.1) is 17.4 Å².